The summed E-state index contributed by atoms with van der Waals surface area (Å²) in [7, 11) is 1.99. The Kier molecular flexibility index (Phi) is 9.58. The third-order valence-electron chi connectivity index (χ3n) is 6.34. The van der Waals surface area contributed by atoms with Crippen molar-refractivity contribution < 1.29 is 4.74 Å². The van der Waals surface area contributed by atoms with E-state index in [1.54, 1.807) is 11.3 Å². The number of nitrogens with one attached hydrogen (secondary N) is 1. The second-order valence-electron chi connectivity index (χ2n) is 8.47. The van der Waals surface area contributed by atoms with Crippen molar-refractivity contribution in [3.63, 3.8) is 0 Å². The van der Waals surface area contributed by atoms with Gasteiger partial charge in [0.15, 0.2) is 11.8 Å². The van der Waals surface area contributed by atoms with Crippen LogP contribution in [0.3, 0.4) is 0 Å². The molecule has 9 heteroatoms. The summed E-state index contributed by atoms with van der Waals surface area (Å²) < 4.78 is 8.26. The SMILES string of the molecule is Cc1nnc(CN=C(NCc2cccs2)N2CCC(OCC3CCCC3)CC2)n1C.I. The quantitative estimate of drug-likeness (QED) is 0.315. The van der Waals surface area contributed by atoms with Gasteiger partial charge in [-0.3, -0.25) is 0 Å². The zero-order valence-electron chi connectivity index (χ0n) is 18.6. The molecular formula is C22H35IN6OS. The number of aliphatic imine (C=N–C) groups is 1. The highest BCUT2D eigenvalue weighted by atomic mass is 127. The van der Waals surface area contributed by atoms with E-state index in [4.69, 9.17) is 9.73 Å². The number of hydrogen-bond acceptors (Lipinski definition) is 5. The predicted octanol–water partition coefficient (Wildman–Crippen LogP) is 4.12. The summed E-state index contributed by atoms with van der Waals surface area (Å²) in [6.07, 6.45) is 7.99. The summed E-state index contributed by atoms with van der Waals surface area (Å²) in [4.78, 5) is 8.58. The Labute approximate surface area is 206 Å². The highest BCUT2D eigenvalue weighted by molar-refractivity contribution is 14.0. The maximum Gasteiger partial charge on any atom is 0.194 e. The molecule has 0 radical (unpaired) electrons. The van der Waals surface area contributed by atoms with Crippen LogP contribution < -0.4 is 5.32 Å². The second-order valence-corrected chi connectivity index (χ2v) is 9.50. The first-order chi connectivity index (χ1) is 14.7. The second kappa shape index (κ2) is 12.2. The van der Waals surface area contributed by atoms with Crippen LogP contribution in [0.25, 0.3) is 0 Å². The first-order valence-corrected chi connectivity index (χ1v) is 12.1. The van der Waals surface area contributed by atoms with E-state index in [1.807, 2.05) is 18.5 Å². The fourth-order valence-electron chi connectivity index (χ4n) is 4.26. The lowest BCUT2D eigenvalue weighted by Gasteiger charge is -2.34. The molecule has 2 aromatic heterocycles. The van der Waals surface area contributed by atoms with Gasteiger partial charge in [-0.25, -0.2) is 4.99 Å². The van der Waals surface area contributed by atoms with Crippen LogP contribution >= 0.6 is 35.3 Å². The van der Waals surface area contributed by atoms with Crippen molar-refractivity contribution >= 4 is 41.3 Å². The molecular weight excluding hydrogens is 523 g/mol. The minimum Gasteiger partial charge on any atom is -0.378 e. The van der Waals surface area contributed by atoms with E-state index in [9.17, 15) is 0 Å². The number of ether oxygens (including phenoxy) is 1. The van der Waals surface area contributed by atoms with Gasteiger partial charge in [0.25, 0.3) is 0 Å². The Morgan fingerprint density at radius 1 is 1.23 bits per heavy atom. The Bertz CT molecular complexity index is 810. The van der Waals surface area contributed by atoms with Crippen molar-refractivity contribution in [2.24, 2.45) is 18.0 Å². The molecule has 0 bridgehead atoms. The van der Waals surface area contributed by atoms with Crippen molar-refractivity contribution in [1.82, 2.24) is 25.0 Å². The van der Waals surface area contributed by atoms with E-state index < -0.39 is 0 Å². The molecule has 4 rings (SSSR count). The monoisotopic (exact) mass is 558 g/mol. The molecule has 2 aliphatic rings. The number of piperidine rings is 1. The van der Waals surface area contributed by atoms with Crippen molar-refractivity contribution in [1.29, 1.82) is 0 Å². The first kappa shape index (κ1) is 24.4. The van der Waals surface area contributed by atoms with Crippen molar-refractivity contribution in [2.75, 3.05) is 19.7 Å². The normalized spacial score (nSPS) is 18.4. The van der Waals surface area contributed by atoms with Gasteiger partial charge in [-0.2, -0.15) is 0 Å². The number of thiophene rings is 1. The predicted molar refractivity (Wildman–Crippen MR) is 136 cm³/mol. The number of aryl methyl sites for hydroxylation is 1. The molecule has 2 fully saturated rings. The van der Waals surface area contributed by atoms with Gasteiger partial charge in [-0.05, 0) is 50.0 Å². The van der Waals surface area contributed by atoms with Crippen LogP contribution in [0, 0.1) is 12.8 Å². The number of nitrogens with zero attached hydrogens (tertiary/aromatic N) is 5. The molecule has 0 atom stereocenters. The fourth-order valence-corrected chi connectivity index (χ4v) is 4.91. The zero-order chi connectivity index (χ0) is 20.8. The van der Waals surface area contributed by atoms with E-state index in [2.05, 4.69) is 37.9 Å². The van der Waals surface area contributed by atoms with Gasteiger partial charge in [0.1, 0.15) is 12.4 Å². The van der Waals surface area contributed by atoms with Crippen LogP contribution in [-0.4, -0.2) is 51.4 Å². The summed E-state index contributed by atoms with van der Waals surface area (Å²) in [6.45, 7) is 6.20. The van der Waals surface area contributed by atoms with Gasteiger partial charge in [-0.15, -0.1) is 45.5 Å². The van der Waals surface area contributed by atoms with Crippen LogP contribution in [0.5, 0.6) is 0 Å². The molecule has 0 aromatic carbocycles. The molecule has 1 aliphatic carbocycles. The van der Waals surface area contributed by atoms with E-state index in [-0.39, 0.29) is 24.0 Å². The molecule has 172 valence electrons. The molecule has 1 aliphatic heterocycles. The third-order valence-corrected chi connectivity index (χ3v) is 7.21. The average Bonchev–Trinajstić information content (AvgIpc) is 3.53. The maximum absolute atomic E-state index is 6.25. The highest BCUT2D eigenvalue weighted by Gasteiger charge is 2.24. The number of hydrogen-bond donors (Lipinski definition) is 1. The summed E-state index contributed by atoms with van der Waals surface area (Å²) in [5.74, 6) is 3.55. The van der Waals surface area contributed by atoms with Crippen LogP contribution in [0.15, 0.2) is 22.5 Å². The molecule has 1 saturated heterocycles. The van der Waals surface area contributed by atoms with Crippen LogP contribution in [0.4, 0.5) is 0 Å². The van der Waals surface area contributed by atoms with Gasteiger partial charge >= 0.3 is 0 Å². The standard InChI is InChI=1S/C22H34N6OS.HI/c1-17-25-26-21(27(17)2)15-24-22(23-14-20-8-5-13-30-20)28-11-9-19(10-12-28)29-16-18-6-3-4-7-18;/h5,8,13,18-19H,3-4,6-7,9-12,14-16H2,1-2H3,(H,23,24);1H. The summed E-state index contributed by atoms with van der Waals surface area (Å²) in [6, 6.07) is 4.25. The Morgan fingerprint density at radius 2 is 2.00 bits per heavy atom. The van der Waals surface area contributed by atoms with E-state index >= 15 is 0 Å². The lowest BCUT2D eigenvalue weighted by molar-refractivity contribution is 0.000982. The Hall–Kier alpha value is -1.20. The third kappa shape index (κ3) is 6.89. The largest absolute Gasteiger partial charge is 0.378 e. The smallest absolute Gasteiger partial charge is 0.194 e. The molecule has 0 unspecified atom stereocenters. The van der Waals surface area contributed by atoms with Crippen molar-refractivity contribution in [3.8, 4) is 0 Å². The molecule has 1 saturated carbocycles. The average molecular weight is 559 g/mol. The van der Waals surface area contributed by atoms with E-state index in [1.165, 1.54) is 30.6 Å². The molecule has 7 nitrogen and oxygen atoms in total. The molecule has 0 amide bonds. The van der Waals surface area contributed by atoms with Crippen LogP contribution in [-0.2, 0) is 24.9 Å². The number of aromatic nitrogens is 3. The maximum atomic E-state index is 6.25. The number of halogens is 1. The van der Waals surface area contributed by atoms with Crippen LogP contribution in [0.2, 0.25) is 0 Å². The number of rotatable bonds is 7. The van der Waals surface area contributed by atoms with Crippen molar-refractivity contribution in [2.45, 2.75) is 64.6 Å². The molecule has 1 N–H and O–H groups in total. The summed E-state index contributed by atoms with van der Waals surface area (Å²) >= 11 is 1.77. The van der Waals surface area contributed by atoms with Gasteiger partial charge in [-0.1, -0.05) is 18.9 Å². The number of likely N-dealkylation sites (tertiary alicyclic amines) is 1. The topological polar surface area (TPSA) is 67.6 Å². The summed E-state index contributed by atoms with van der Waals surface area (Å²) in [5, 5.41) is 14.1. The van der Waals surface area contributed by atoms with E-state index in [0.717, 1.165) is 62.6 Å². The number of guanidine groups is 1. The minimum absolute atomic E-state index is 0. The van der Waals surface area contributed by atoms with Gasteiger partial charge < -0.3 is 19.5 Å². The van der Waals surface area contributed by atoms with Gasteiger partial charge in [0, 0.05) is 31.6 Å². The molecule has 2 aromatic rings. The lowest BCUT2D eigenvalue weighted by atomic mass is 10.1. The minimum atomic E-state index is 0. The van der Waals surface area contributed by atoms with Gasteiger partial charge in [0.05, 0.1) is 12.6 Å². The van der Waals surface area contributed by atoms with Crippen LogP contribution in [0.1, 0.15) is 55.1 Å². The first-order valence-electron chi connectivity index (χ1n) is 11.2. The Morgan fingerprint density at radius 3 is 2.65 bits per heavy atom. The fraction of sp³-hybridized carbons (Fsp3) is 0.682. The van der Waals surface area contributed by atoms with E-state index in [0.29, 0.717) is 12.6 Å². The lowest BCUT2D eigenvalue weighted by Crippen LogP contribution is -2.47. The van der Waals surface area contributed by atoms with Crippen molar-refractivity contribution in [3.05, 3.63) is 34.0 Å². The summed E-state index contributed by atoms with van der Waals surface area (Å²) in [5.41, 5.74) is 0. The Balaban J connectivity index is 0.00000272. The molecule has 31 heavy (non-hydrogen) atoms. The molecule has 0 spiro atoms. The zero-order valence-corrected chi connectivity index (χ0v) is 21.8. The van der Waals surface area contributed by atoms with Gasteiger partial charge in [0.2, 0.25) is 0 Å². The molecule has 3 heterocycles. The highest BCUT2D eigenvalue weighted by Crippen LogP contribution is 2.26.